The Hall–Kier alpha value is -1.66. The Morgan fingerprint density at radius 3 is 2.89 bits per heavy atom. The number of nitrogens with zero attached hydrogens (tertiary/aromatic N) is 2. The van der Waals surface area contributed by atoms with Crippen LogP contribution in [0.5, 0.6) is 0 Å². The van der Waals surface area contributed by atoms with Gasteiger partial charge in [0.25, 0.3) is 0 Å². The number of Topliss-reactive ketones (excluding diaryl/α,β-unsaturated/α-hetero) is 1. The number of carbonyl (C=O) groups is 2. The largest absolute Gasteiger partial charge is 0.364 e. The third-order valence-electron chi connectivity index (χ3n) is 5.82. The van der Waals surface area contributed by atoms with Crippen molar-refractivity contribution in [3.05, 3.63) is 34.5 Å². The van der Waals surface area contributed by atoms with E-state index in [0.717, 1.165) is 12.0 Å². The fraction of sp³-hybridized carbons (Fsp3) is 0.550. The van der Waals surface area contributed by atoms with Crippen molar-refractivity contribution in [1.82, 2.24) is 9.88 Å². The van der Waals surface area contributed by atoms with Crippen LogP contribution in [-0.4, -0.2) is 34.2 Å². The SMILES string of the molecule is O=C1CC=CC2=CN(C(CC3CCCCC3)C(=O)Nc3ncc(Cl)s3)CC12. The van der Waals surface area contributed by atoms with Gasteiger partial charge < -0.3 is 10.2 Å². The molecule has 1 amide bonds. The van der Waals surface area contributed by atoms with Crippen LogP contribution in [0.3, 0.4) is 0 Å². The molecule has 5 nitrogen and oxygen atoms in total. The molecule has 0 spiro atoms. The Kier molecular flexibility index (Phi) is 5.64. The normalized spacial score (nSPS) is 23.9. The fourth-order valence-corrected chi connectivity index (χ4v) is 5.22. The Morgan fingerprint density at radius 2 is 2.19 bits per heavy atom. The molecule has 1 saturated carbocycles. The first-order chi connectivity index (χ1) is 13.1. The second-order valence-corrected chi connectivity index (χ2v) is 9.33. The van der Waals surface area contributed by atoms with E-state index in [9.17, 15) is 9.59 Å². The van der Waals surface area contributed by atoms with Gasteiger partial charge in [0.05, 0.1) is 12.1 Å². The lowest BCUT2D eigenvalue weighted by Gasteiger charge is -2.32. The minimum absolute atomic E-state index is 0.0569. The van der Waals surface area contributed by atoms with Crippen LogP contribution in [0.15, 0.2) is 30.1 Å². The highest BCUT2D eigenvalue weighted by Gasteiger charge is 2.37. The maximum absolute atomic E-state index is 13.1. The van der Waals surface area contributed by atoms with Crippen molar-refractivity contribution >= 4 is 39.8 Å². The molecule has 1 N–H and O–H groups in total. The van der Waals surface area contributed by atoms with E-state index in [1.807, 2.05) is 18.4 Å². The van der Waals surface area contributed by atoms with Gasteiger partial charge in [-0.25, -0.2) is 4.98 Å². The van der Waals surface area contributed by atoms with Crippen LogP contribution < -0.4 is 5.32 Å². The van der Waals surface area contributed by atoms with Gasteiger partial charge in [0.1, 0.15) is 16.2 Å². The number of nitrogens with one attached hydrogen (secondary N) is 1. The van der Waals surface area contributed by atoms with E-state index in [1.54, 1.807) is 6.20 Å². The molecular weight excluding hydrogens is 382 g/mol. The summed E-state index contributed by atoms with van der Waals surface area (Å²) in [6.07, 6.45) is 15.0. The van der Waals surface area contributed by atoms with Gasteiger partial charge >= 0.3 is 0 Å². The molecule has 2 aliphatic carbocycles. The summed E-state index contributed by atoms with van der Waals surface area (Å²) in [5.74, 6) is 0.654. The third kappa shape index (κ3) is 4.27. The summed E-state index contributed by atoms with van der Waals surface area (Å²) in [4.78, 5) is 31.6. The van der Waals surface area contributed by atoms with Crippen LogP contribution in [-0.2, 0) is 9.59 Å². The summed E-state index contributed by atoms with van der Waals surface area (Å²) in [6.45, 7) is 0.599. The number of carbonyl (C=O) groups excluding carboxylic acids is 2. The lowest BCUT2D eigenvalue weighted by Crippen LogP contribution is -2.43. The van der Waals surface area contributed by atoms with Crippen molar-refractivity contribution in [2.75, 3.05) is 11.9 Å². The van der Waals surface area contributed by atoms with Crippen molar-refractivity contribution < 1.29 is 9.59 Å². The summed E-state index contributed by atoms with van der Waals surface area (Å²) in [6, 6.07) is -0.282. The number of anilines is 1. The number of amides is 1. The number of hydrogen-bond acceptors (Lipinski definition) is 5. The van der Waals surface area contributed by atoms with Gasteiger partial charge in [-0.1, -0.05) is 67.2 Å². The molecule has 2 unspecified atom stereocenters. The molecule has 1 aliphatic heterocycles. The Bertz CT molecular complexity index is 782. The number of hydrogen-bond donors (Lipinski definition) is 1. The Labute approximate surface area is 168 Å². The summed E-state index contributed by atoms with van der Waals surface area (Å²) in [7, 11) is 0. The molecular formula is C20H24ClN3O2S. The van der Waals surface area contributed by atoms with Crippen molar-refractivity contribution in [3.8, 4) is 0 Å². The minimum atomic E-state index is -0.282. The van der Waals surface area contributed by atoms with Gasteiger partial charge in [0.2, 0.25) is 5.91 Å². The summed E-state index contributed by atoms with van der Waals surface area (Å²) >= 11 is 7.21. The molecule has 0 radical (unpaired) electrons. The highest BCUT2D eigenvalue weighted by Crippen LogP contribution is 2.34. The number of fused-ring (bicyclic) bond motifs is 1. The van der Waals surface area contributed by atoms with E-state index in [1.165, 1.54) is 43.4 Å². The molecule has 27 heavy (non-hydrogen) atoms. The Balaban J connectivity index is 1.52. The van der Waals surface area contributed by atoms with E-state index in [0.29, 0.717) is 28.4 Å². The van der Waals surface area contributed by atoms with E-state index in [-0.39, 0.29) is 23.7 Å². The average Bonchev–Trinajstić information content (AvgIpc) is 3.27. The zero-order chi connectivity index (χ0) is 18.8. The molecule has 1 aromatic rings. The number of allylic oxidation sites excluding steroid dienone is 2. The van der Waals surface area contributed by atoms with Crippen molar-refractivity contribution in [3.63, 3.8) is 0 Å². The molecule has 0 bridgehead atoms. The molecule has 3 aliphatic rings. The van der Waals surface area contributed by atoms with E-state index in [4.69, 9.17) is 11.6 Å². The molecule has 4 rings (SSSR count). The van der Waals surface area contributed by atoms with Crippen molar-refractivity contribution in [2.24, 2.45) is 11.8 Å². The first kappa shape index (κ1) is 18.7. The van der Waals surface area contributed by atoms with Gasteiger partial charge in [-0.2, -0.15) is 0 Å². The molecule has 7 heteroatoms. The monoisotopic (exact) mass is 405 g/mol. The summed E-state index contributed by atoms with van der Waals surface area (Å²) in [5.41, 5.74) is 1.03. The van der Waals surface area contributed by atoms with E-state index < -0.39 is 0 Å². The summed E-state index contributed by atoms with van der Waals surface area (Å²) in [5, 5.41) is 3.46. The van der Waals surface area contributed by atoms with E-state index >= 15 is 0 Å². The number of thiazole rings is 1. The van der Waals surface area contributed by atoms with Gasteiger partial charge in [-0.3, -0.25) is 9.59 Å². The molecule has 1 aromatic heterocycles. The van der Waals surface area contributed by atoms with Crippen molar-refractivity contribution in [1.29, 1.82) is 0 Å². The maximum Gasteiger partial charge on any atom is 0.248 e. The summed E-state index contributed by atoms with van der Waals surface area (Å²) < 4.78 is 0.555. The van der Waals surface area contributed by atoms with Crippen LogP contribution >= 0.6 is 22.9 Å². The molecule has 2 atom stereocenters. The predicted octanol–water partition coefficient (Wildman–Crippen LogP) is 4.42. The number of halogens is 1. The first-order valence-electron chi connectivity index (χ1n) is 9.69. The fourth-order valence-electron chi connectivity index (χ4n) is 4.40. The molecule has 2 heterocycles. The molecule has 144 valence electrons. The zero-order valence-electron chi connectivity index (χ0n) is 15.2. The average molecular weight is 406 g/mol. The van der Waals surface area contributed by atoms with Crippen LogP contribution in [0.25, 0.3) is 0 Å². The van der Waals surface area contributed by atoms with Gasteiger partial charge in [-0.05, 0) is 17.9 Å². The zero-order valence-corrected chi connectivity index (χ0v) is 16.8. The van der Waals surface area contributed by atoms with Crippen LogP contribution in [0.1, 0.15) is 44.9 Å². The maximum atomic E-state index is 13.1. The quantitative estimate of drug-likeness (QED) is 0.787. The standard InChI is InChI=1S/C20H24ClN3O2S/c21-18-10-22-20(27-18)23-19(26)16(9-13-5-2-1-3-6-13)24-11-14-7-4-8-17(25)15(14)12-24/h4,7,10-11,13,15-16H,1-3,5-6,8-9,12H2,(H,22,23,26). The highest BCUT2D eigenvalue weighted by atomic mass is 35.5. The first-order valence-corrected chi connectivity index (χ1v) is 10.9. The lowest BCUT2D eigenvalue weighted by atomic mass is 9.84. The van der Waals surface area contributed by atoms with Crippen LogP contribution in [0, 0.1) is 11.8 Å². The topological polar surface area (TPSA) is 62.3 Å². The Morgan fingerprint density at radius 1 is 1.37 bits per heavy atom. The van der Waals surface area contributed by atoms with Gasteiger partial charge in [-0.15, -0.1) is 0 Å². The number of ketones is 1. The minimum Gasteiger partial charge on any atom is -0.364 e. The number of rotatable bonds is 5. The molecule has 1 fully saturated rings. The van der Waals surface area contributed by atoms with E-state index in [2.05, 4.69) is 15.2 Å². The van der Waals surface area contributed by atoms with Gasteiger partial charge in [0.15, 0.2) is 5.13 Å². The van der Waals surface area contributed by atoms with Crippen molar-refractivity contribution in [2.45, 2.75) is 51.0 Å². The second kappa shape index (κ2) is 8.15. The highest BCUT2D eigenvalue weighted by molar-refractivity contribution is 7.19. The molecule has 0 saturated heterocycles. The number of aromatic nitrogens is 1. The third-order valence-corrected chi connectivity index (χ3v) is 6.85. The lowest BCUT2D eigenvalue weighted by molar-refractivity contribution is -0.123. The predicted molar refractivity (Wildman–Crippen MR) is 108 cm³/mol. The smallest absolute Gasteiger partial charge is 0.248 e. The second-order valence-electron chi connectivity index (χ2n) is 7.67. The van der Waals surface area contributed by atoms with Crippen LogP contribution in [0.2, 0.25) is 4.34 Å². The molecule has 0 aromatic carbocycles. The van der Waals surface area contributed by atoms with Crippen LogP contribution in [0.4, 0.5) is 5.13 Å². The van der Waals surface area contributed by atoms with Gasteiger partial charge in [0, 0.05) is 19.2 Å².